The smallest absolute Gasteiger partial charge is 0.213 e. The van der Waals surface area contributed by atoms with Crippen LogP contribution < -0.4 is 5.73 Å². The van der Waals surface area contributed by atoms with Crippen LogP contribution in [-0.4, -0.2) is 15.1 Å². The van der Waals surface area contributed by atoms with Crippen LogP contribution in [0, 0.1) is 6.92 Å². The van der Waals surface area contributed by atoms with Crippen LogP contribution in [0.1, 0.15) is 22.6 Å². The molecule has 2 rings (SSSR count). The largest absolute Gasteiger partial charge is 0.343 e. The minimum atomic E-state index is -0.377. The molecule has 2 heterocycles. The highest BCUT2D eigenvalue weighted by Gasteiger charge is 2.16. The number of rotatable bonds is 2. The van der Waals surface area contributed by atoms with Gasteiger partial charge in [-0.1, -0.05) is 5.16 Å². The van der Waals surface area contributed by atoms with Crippen molar-refractivity contribution >= 4 is 11.3 Å². The third kappa shape index (κ3) is 1.58. The normalized spacial score (nSPS) is 13.1. The molecule has 0 amide bonds. The standard InChI is InChI=1S/C7H8N4OS/c1-4-2-13-7(10-4)5(8)6-9-3-12-11-6/h2-3,5H,8H2,1H3. The summed E-state index contributed by atoms with van der Waals surface area (Å²) in [4.78, 5) is 8.10. The summed E-state index contributed by atoms with van der Waals surface area (Å²) >= 11 is 1.50. The summed E-state index contributed by atoms with van der Waals surface area (Å²) in [5.74, 6) is 0.467. The quantitative estimate of drug-likeness (QED) is 0.771. The number of aryl methyl sites for hydroxylation is 1. The first-order valence-electron chi connectivity index (χ1n) is 3.71. The van der Waals surface area contributed by atoms with E-state index in [1.54, 1.807) is 0 Å². The Bertz CT molecular complexity index is 383. The highest BCUT2D eigenvalue weighted by molar-refractivity contribution is 7.09. The van der Waals surface area contributed by atoms with Crippen LogP contribution in [0.25, 0.3) is 0 Å². The molecule has 68 valence electrons. The summed E-state index contributed by atoms with van der Waals surface area (Å²) in [6.45, 7) is 1.92. The van der Waals surface area contributed by atoms with E-state index in [0.717, 1.165) is 10.7 Å². The van der Waals surface area contributed by atoms with Gasteiger partial charge in [-0.2, -0.15) is 4.98 Å². The second-order valence-corrected chi connectivity index (χ2v) is 3.48. The van der Waals surface area contributed by atoms with Crippen molar-refractivity contribution in [2.75, 3.05) is 0 Å². The Balaban J connectivity index is 2.28. The fourth-order valence-electron chi connectivity index (χ4n) is 0.941. The molecule has 1 atom stereocenters. The van der Waals surface area contributed by atoms with Gasteiger partial charge in [0.1, 0.15) is 11.0 Å². The monoisotopic (exact) mass is 196 g/mol. The molecule has 5 nitrogen and oxygen atoms in total. The Morgan fingerprint density at radius 1 is 1.62 bits per heavy atom. The van der Waals surface area contributed by atoms with Crippen LogP contribution >= 0.6 is 11.3 Å². The van der Waals surface area contributed by atoms with Crippen molar-refractivity contribution in [3.05, 3.63) is 28.3 Å². The number of hydrogen-bond donors (Lipinski definition) is 1. The zero-order valence-corrected chi connectivity index (χ0v) is 7.78. The van der Waals surface area contributed by atoms with Gasteiger partial charge in [0.05, 0.1) is 0 Å². The molecule has 0 bridgehead atoms. The molecule has 0 aromatic carbocycles. The lowest BCUT2D eigenvalue weighted by Crippen LogP contribution is -2.13. The van der Waals surface area contributed by atoms with Crippen LogP contribution in [0.4, 0.5) is 0 Å². The van der Waals surface area contributed by atoms with Crippen molar-refractivity contribution in [2.24, 2.45) is 5.73 Å². The van der Waals surface area contributed by atoms with Gasteiger partial charge in [-0.25, -0.2) is 4.98 Å². The fraction of sp³-hybridized carbons (Fsp3) is 0.286. The molecule has 6 heteroatoms. The zero-order chi connectivity index (χ0) is 9.26. The summed E-state index contributed by atoms with van der Waals surface area (Å²) in [6, 6.07) is -0.377. The lowest BCUT2D eigenvalue weighted by Gasteiger charge is -2.00. The van der Waals surface area contributed by atoms with Gasteiger partial charge < -0.3 is 10.3 Å². The van der Waals surface area contributed by atoms with E-state index in [-0.39, 0.29) is 6.04 Å². The number of nitrogens with zero attached hydrogens (tertiary/aromatic N) is 3. The molecule has 1 unspecified atom stereocenters. The molecule has 0 radical (unpaired) electrons. The summed E-state index contributed by atoms with van der Waals surface area (Å²) in [5, 5.41) is 6.40. The summed E-state index contributed by atoms with van der Waals surface area (Å²) in [6.07, 6.45) is 1.26. The van der Waals surface area contributed by atoms with E-state index in [2.05, 4.69) is 19.6 Å². The van der Waals surface area contributed by atoms with Gasteiger partial charge in [0.2, 0.25) is 6.39 Å². The molecule has 2 aromatic rings. The molecule has 2 N–H and O–H groups in total. The van der Waals surface area contributed by atoms with Gasteiger partial charge in [0, 0.05) is 11.1 Å². The lowest BCUT2D eigenvalue weighted by atomic mass is 10.3. The SMILES string of the molecule is Cc1csc(C(N)c2ncon2)n1. The van der Waals surface area contributed by atoms with Gasteiger partial charge in [-0.15, -0.1) is 11.3 Å². The maximum Gasteiger partial charge on any atom is 0.213 e. The Morgan fingerprint density at radius 3 is 3.00 bits per heavy atom. The molecule has 0 spiro atoms. The first kappa shape index (κ1) is 8.33. The Kier molecular flexibility index (Phi) is 2.07. The molecule has 0 aliphatic heterocycles. The van der Waals surface area contributed by atoms with Crippen molar-refractivity contribution < 1.29 is 4.52 Å². The molecular formula is C7H8N4OS. The van der Waals surface area contributed by atoms with E-state index in [0.29, 0.717) is 5.82 Å². The fourth-order valence-corrected chi connectivity index (χ4v) is 1.73. The Morgan fingerprint density at radius 2 is 2.46 bits per heavy atom. The molecule has 13 heavy (non-hydrogen) atoms. The molecule has 0 saturated carbocycles. The molecule has 0 aliphatic rings. The van der Waals surface area contributed by atoms with Gasteiger partial charge in [0.25, 0.3) is 0 Å². The predicted octanol–water partition coefficient (Wildman–Crippen LogP) is 0.883. The van der Waals surface area contributed by atoms with E-state index in [1.165, 1.54) is 17.7 Å². The third-order valence-corrected chi connectivity index (χ3v) is 2.61. The molecular weight excluding hydrogens is 188 g/mol. The molecule has 0 saturated heterocycles. The average molecular weight is 196 g/mol. The zero-order valence-electron chi connectivity index (χ0n) is 6.97. The highest BCUT2D eigenvalue weighted by atomic mass is 32.1. The van der Waals surface area contributed by atoms with Crippen LogP contribution in [0.15, 0.2) is 16.3 Å². The van der Waals surface area contributed by atoms with Crippen molar-refractivity contribution in [2.45, 2.75) is 13.0 Å². The van der Waals surface area contributed by atoms with Crippen LogP contribution in [0.3, 0.4) is 0 Å². The highest BCUT2D eigenvalue weighted by Crippen LogP contribution is 2.19. The average Bonchev–Trinajstić information content (AvgIpc) is 2.72. The van der Waals surface area contributed by atoms with Crippen molar-refractivity contribution in [3.63, 3.8) is 0 Å². The second kappa shape index (κ2) is 3.23. The number of aromatic nitrogens is 3. The van der Waals surface area contributed by atoms with Crippen molar-refractivity contribution in [1.82, 2.24) is 15.1 Å². The van der Waals surface area contributed by atoms with Crippen molar-refractivity contribution in [3.8, 4) is 0 Å². The first-order chi connectivity index (χ1) is 6.27. The van der Waals surface area contributed by atoms with E-state index in [4.69, 9.17) is 5.73 Å². The minimum absolute atomic E-state index is 0.377. The minimum Gasteiger partial charge on any atom is -0.343 e. The van der Waals surface area contributed by atoms with Gasteiger partial charge in [-0.05, 0) is 6.92 Å². The van der Waals surface area contributed by atoms with Gasteiger partial charge in [-0.3, -0.25) is 0 Å². The van der Waals surface area contributed by atoms with E-state index in [1.807, 2.05) is 12.3 Å². The van der Waals surface area contributed by atoms with Crippen molar-refractivity contribution in [1.29, 1.82) is 0 Å². The van der Waals surface area contributed by atoms with E-state index >= 15 is 0 Å². The van der Waals surface area contributed by atoms with E-state index < -0.39 is 0 Å². The molecule has 0 fully saturated rings. The van der Waals surface area contributed by atoms with Gasteiger partial charge in [0.15, 0.2) is 5.82 Å². The Hall–Kier alpha value is -1.27. The van der Waals surface area contributed by atoms with E-state index in [9.17, 15) is 0 Å². The van der Waals surface area contributed by atoms with Crippen LogP contribution in [0.5, 0.6) is 0 Å². The summed E-state index contributed by atoms with van der Waals surface area (Å²) in [5.41, 5.74) is 6.79. The summed E-state index contributed by atoms with van der Waals surface area (Å²) in [7, 11) is 0. The van der Waals surface area contributed by atoms with Crippen LogP contribution in [0.2, 0.25) is 0 Å². The maximum absolute atomic E-state index is 5.84. The van der Waals surface area contributed by atoms with Gasteiger partial charge >= 0.3 is 0 Å². The maximum atomic E-state index is 5.84. The Labute approximate surface area is 78.6 Å². The molecule has 0 aliphatic carbocycles. The summed E-state index contributed by atoms with van der Waals surface area (Å²) < 4.78 is 4.60. The lowest BCUT2D eigenvalue weighted by molar-refractivity contribution is 0.407. The third-order valence-electron chi connectivity index (χ3n) is 1.56. The van der Waals surface area contributed by atoms with Crippen LogP contribution in [-0.2, 0) is 0 Å². The second-order valence-electron chi connectivity index (χ2n) is 2.59. The number of hydrogen-bond acceptors (Lipinski definition) is 6. The first-order valence-corrected chi connectivity index (χ1v) is 4.59. The predicted molar refractivity (Wildman–Crippen MR) is 47.2 cm³/mol. The molecule has 2 aromatic heterocycles. The topological polar surface area (TPSA) is 77.8 Å². The number of nitrogens with two attached hydrogens (primary N) is 1. The number of thiazole rings is 1.